The first-order valence-electron chi connectivity index (χ1n) is 12.2. The second-order valence-electron chi connectivity index (χ2n) is 9.38. The molecule has 3 aromatic carbocycles. The van der Waals surface area contributed by atoms with Crippen molar-refractivity contribution in [1.29, 1.82) is 0 Å². The van der Waals surface area contributed by atoms with Gasteiger partial charge >= 0.3 is 5.97 Å². The number of fused-ring (bicyclic) bond motifs is 2. The van der Waals surface area contributed by atoms with E-state index in [1.54, 1.807) is 53.6 Å². The molecule has 39 heavy (non-hydrogen) atoms. The normalized spacial score (nSPS) is 13.7. The summed E-state index contributed by atoms with van der Waals surface area (Å²) in [7, 11) is 0. The predicted octanol–water partition coefficient (Wildman–Crippen LogP) is 4.86. The molecule has 0 bridgehead atoms. The van der Waals surface area contributed by atoms with Crippen LogP contribution in [0.5, 0.6) is 0 Å². The van der Waals surface area contributed by atoms with E-state index in [1.807, 2.05) is 12.1 Å². The van der Waals surface area contributed by atoms with Gasteiger partial charge in [0.15, 0.2) is 0 Å². The Labute approximate surface area is 233 Å². The summed E-state index contributed by atoms with van der Waals surface area (Å²) < 4.78 is 5.41. The molecule has 0 saturated carbocycles. The van der Waals surface area contributed by atoms with E-state index in [9.17, 15) is 24.6 Å². The Balaban J connectivity index is 1.34. The first-order chi connectivity index (χ1) is 18.7. The van der Waals surface area contributed by atoms with Gasteiger partial charge in [-0.1, -0.05) is 53.5 Å². The number of rotatable bonds is 7. The minimum atomic E-state index is -1.24. The lowest BCUT2D eigenvalue weighted by Gasteiger charge is -2.30. The number of furan rings is 1. The van der Waals surface area contributed by atoms with Crippen LogP contribution in [0.4, 0.5) is 0 Å². The number of carboxylic acids is 1. The van der Waals surface area contributed by atoms with Crippen molar-refractivity contribution in [2.24, 2.45) is 0 Å². The van der Waals surface area contributed by atoms with Crippen LogP contribution in [0.15, 0.2) is 65.3 Å². The van der Waals surface area contributed by atoms with E-state index in [2.05, 4.69) is 5.32 Å². The monoisotopic (exact) mass is 566 g/mol. The van der Waals surface area contributed by atoms with Gasteiger partial charge in [-0.25, -0.2) is 4.79 Å². The largest absolute Gasteiger partial charge is 0.480 e. The van der Waals surface area contributed by atoms with Crippen molar-refractivity contribution in [2.45, 2.75) is 32.0 Å². The number of hydrogen-bond acceptors (Lipinski definition) is 5. The molecular formula is C29H24Cl2N2O6. The molecule has 2 heterocycles. The van der Waals surface area contributed by atoms with E-state index in [0.717, 1.165) is 10.9 Å². The Morgan fingerprint density at radius 1 is 1.05 bits per heavy atom. The smallest absolute Gasteiger partial charge is 0.326 e. The van der Waals surface area contributed by atoms with Crippen molar-refractivity contribution < 1.29 is 29.0 Å². The highest BCUT2D eigenvalue weighted by Crippen LogP contribution is 2.35. The zero-order valence-corrected chi connectivity index (χ0v) is 22.1. The number of amides is 2. The van der Waals surface area contributed by atoms with Crippen molar-refractivity contribution >= 4 is 52.0 Å². The van der Waals surface area contributed by atoms with Gasteiger partial charge < -0.3 is 24.8 Å². The molecule has 0 saturated heterocycles. The van der Waals surface area contributed by atoms with Gasteiger partial charge in [0.2, 0.25) is 0 Å². The summed E-state index contributed by atoms with van der Waals surface area (Å²) in [5.41, 5.74) is 3.82. The maximum atomic E-state index is 13.2. The molecule has 200 valence electrons. The number of carboxylic acid groups (broad SMARTS) is 1. The zero-order valence-electron chi connectivity index (χ0n) is 20.6. The molecule has 0 radical (unpaired) electrons. The molecule has 1 aliphatic heterocycles. The summed E-state index contributed by atoms with van der Waals surface area (Å²) in [6.07, 6.45) is 1.98. The number of halogens is 2. The topological polar surface area (TPSA) is 120 Å². The standard InChI is InChI=1S/C29H24Cl2N2O6/c30-22-12-20-14-33(28(36)19-5-4-18-7-9-39-24(18)13-19)8-6-21(20)26(31)25(22)27(35)32-23(29(37)38)11-16-2-1-3-17(10-16)15-34/h1-5,7,9-10,12-13,23,34H,6,8,11,14-15H2,(H,32,35)(H,37,38). The van der Waals surface area contributed by atoms with E-state index in [0.29, 0.717) is 40.8 Å². The molecule has 0 aliphatic carbocycles. The lowest BCUT2D eigenvalue weighted by molar-refractivity contribution is -0.139. The van der Waals surface area contributed by atoms with E-state index < -0.39 is 17.9 Å². The van der Waals surface area contributed by atoms with Crippen LogP contribution in [0.3, 0.4) is 0 Å². The van der Waals surface area contributed by atoms with E-state index >= 15 is 0 Å². The summed E-state index contributed by atoms with van der Waals surface area (Å²) in [5.74, 6) is -2.09. The minimum Gasteiger partial charge on any atom is -0.480 e. The maximum Gasteiger partial charge on any atom is 0.326 e. The van der Waals surface area contributed by atoms with Crippen LogP contribution < -0.4 is 5.32 Å². The van der Waals surface area contributed by atoms with Gasteiger partial charge in [-0.05, 0) is 52.9 Å². The summed E-state index contributed by atoms with van der Waals surface area (Å²) in [5, 5.41) is 22.7. The van der Waals surface area contributed by atoms with Crippen molar-refractivity contribution in [3.05, 3.63) is 104 Å². The van der Waals surface area contributed by atoms with Gasteiger partial charge in [0.05, 0.1) is 28.5 Å². The Morgan fingerprint density at radius 3 is 2.62 bits per heavy atom. The Morgan fingerprint density at radius 2 is 1.85 bits per heavy atom. The van der Waals surface area contributed by atoms with Crippen molar-refractivity contribution in [2.75, 3.05) is 6.54 Å². The molecule has 8 nitrogen and oxygen atoms in total. The van der Waals surface area contributed by atoms with E-state index in [-0.39, 0.29) is 41.1 Å². The molecule has 3 N–H and O–H groups in total. The predicted molar refractivity (Wildman–Crippen MR) is 146 cm³/mol. The minimum absolute atomic E-state index is 0.00418. The highest BCUT2D eigenvalue weighted by molar-refractivity contribution is 6.40. The summed E-state index contributed by atoms with van der Waals surface area (Å²) >= 11 is 13.1. The Bertz CT molecular complexity index is 1600. The number of carbonyl (C=O) groups is 3. The lowest BCUT2D eigenvalue weighted by atomic mass is 9.95. The van der Waals surface area contributed by atoms with Crippen LogP contribution in [0.25, 0.3) is 11.0 Å². The molecule has 10 heteroatoms. The van der Waals surface area contributed by atoms with Gasteiger partial charge in [-0.15, -0.1) is 0 Å². The SMILES string of the molecule is O=C(NC(Cc1cccc(CO)c1)C(=O)O)c1c(Cl)cc2c(c1Cl)CCN(C(=O)c1ccc3ccoc3c1)C2. The molecular weight excluding hydrogens is 543 g/mol. The fourth-order valence-corrected chi connectivity index (χ4v) is 5.59. The third kappa shape index (κ3) is 5.49. The van der Waals surface area contributed by atoms with Crippen LogP contribution in [-0.2, 0) is 30.8 Å². The third-order valence-electron chi connectivity index (χ3n) is 6.84. The molecule has 1 aromatic heterocycles. The Hall–Kier alpha value is -3.85. The number of nitrogens with one attached hydrogen (secondary N) is 1. The number of aliphatic hydroxyl groups is 1. The molecule has 2 amide bonds. The molecule has 0 fully saturated rings. The zero-order chi connectivity index (χ0) is 27.7. The number of hydrogen-bond donors (Lipinski definition) is 3. The van der Waals surface area contributed by atoms with Gasteiger partial charge in [0.1, 0.15) is 11.6 Å². The third-order valence-corrected chi connectivity index (χ3v) is 7.55. The molecule has 4 aromatic rings. The number of aliphatic carboxylic acids is 1. The first kappa shape index (κ1) is 26.7. The van der Waals surface area contributed by atoms with Crippen molar-refractivity contribution in [3.63, 3.8) is 0 Å². The average Bonchev–Trinajstić information content (AvgIpc) is 3.40. The van der Waals surface area contributed by atoms with Crippen LogP contribution >= 0.6 is 23.2 Å². The highest BCUT2D eigenvalue weighted by Gasteiger charge is 2.30. The number of benzene rings is 3. The summed E-state index contributed by atoms with van der Waals surface area (Å²) in [6, 6.07) is 14.3. The first-order valence-corrected chi connectivity index (χ1v) is 13.0. The molecule has 5 rings (SSSR count). The van der Waals surface area contributed by atoms with Gasteiger partial charge in [0, 0.05) is 30.5 Å². The lowest BCUT2D eigenvalue weighted by Crippen LogP contribution is -2.42. The fourth-order valence-electron chi connectivity index (χ4n) is 4.82. The number of carbonyl (C=O) groups excluding carboxylic acids is 2. The van der Waals surface area contributed by atoms with Gasteiger partial charge in [-0.2, -0.15) is 0 Å². The second kappa shape index (κ2) is 11.1. The quantitative estimate of drug-likeness (QED) is 0.294. The highest BCUT2D eigenvalue weighted by atomic mass is 35.5. The summed E-state index contributed by atoms with van der Waals surface area (Å²) in [4.78, 5) is 40.0. The second-order valence-corrected chi connectivity index (χ2v) is 10.2. The Kier molecular flexibility index (Phi) is 7.61. The van der Waals surface area contributed by atoms with Crippen LogP contribution in [0.1, 0.15) is 43.0 Å². The molecule has 1 unspecified atom stereocenters. The van der Waals surface area contributed by atoms with Crippen molar-refractivity contribution in [3.8, 4) is 0 Å². The number of aliphatic hydroxyl groups excluding tert-OH is 1. The van der Waals surface area contributed by atoms with E-state index in [1.165, 1.54) is 0 Å². The summed E-state index contributed by atoms with van der Waals surface area (Å²) in [6.45, 7) is 0.453. The van der Waals surface area contributed by atoms with E-state index in [4.69, 9.17) is 27.6 Å². The van der Waals surface area contributed by atoms with Crippen LogP contribution in [0, 0.1) is 0 Å². The van der Waals surface area contributed by atoms with Crippen LogP contribution in [0.2, 0.25) is 10.0 Å². The average molecular weight is 567 g/mol. The molecule has 1 aliphatic rings. The molecule has 1 atom stereocenters. The van der Waals surface area contributed by atoms with Gasteiger partial charge in [0.25, 0.3) is 11.8 Å². The maximum absolute atomic E-state index is 13.2. The van der Waals surface area contributed by atoms with Gasteiger partial charge in [-0.3, -0.25) is 9.59 Å². The van der Waals surface area contributed by atoms with Crippen LogP contribution in [-0.4, -0.2) is 45.5 Å². The van der Waals surface area contributed by atoms with Crippen molar-refractivity contribution in [1.82, 2.24) is 10.2 Å². The molecule has 0 spiro atoms. The number of nitrogens with zero attached hydrogens (tertiary/aromatic N) is 1. The fraction of sp³-hybridized carbons (Fsp3) is 0.207.